The maximum atomic E-state index is 2.17. The van der Waals surface area contributed by atoms with Gasteiger partial charge in [-0.25, -0.2) is 0 Å². The highest BCUT2D eigenvalue weighted by Crippen LogP contribution is 1.81. The molecule has 0 N–H and O–H groups in total. The SMILES string of the molecule is CC(C)C.[AlH3].[HH].[HH]. The van der Waals surface area contributed by atoms with Crippen LogP contribution in [0.25, 0.3) is 0 Å². The van der Waals surface area contributed by atoms with Crippen LogP contribution in [0.1, 0.15) is 23.6 Å². The standard InChI is InChI=1S/C4H10.Al.2H2.3H/c1-4(2)3;;;;;;/h4H,1-3H3;;2*1H;;;. The largest absolute Gasteiger partial charge is 0.187 e. The molecule has 0 bridgehead atoms. The number of hydrogen-bond acceptors (Lipinski definition) is 0. The highest BCUT2D eigenvalue weighted by atomic mass is 27.0. The summed E-state index contributed by atoms with van der Waals surface area (Å²) in [5.41, 5.74) is 0. The summed E-state index contributed by atoms with van der Waals surface area (Å²) in [5.74, 6) is 0.833. The molecule has 0 nitrogen and oxygen atoms in total. The fourth-order valence-electron chi connectivity index (χ4n) is 0. The zero-order valence-corrected chi connectivity index (χ0v) is 3.58. The molecule has 36 valence electrons. The molecule has 0 rings (SSSR count). The highest BCUT2D eigenvalue weighted by molar-refractivity contribution is 5.75. The van der Waals surface area contributed by atoms with E-state index in [4.69, 9.17) is 0 Å². The van der Waals surface area contributed by atoms with Crippen molar-refractivity contribution in [3.8, 4) is 0 Å². The van der Waals surface area contributed by atoms with Gasteiger partial charge in [-0.3, -0.25) is 0 Å². The second-order valence-electron chi connectivity index (χ2n) is 1.73. The van der Waals surface area contributed by atoms with E-state index in [0.717, 1.165) is 5.92 Å². The molecular formula is C4H17Al. The van der Waals surface area contributed by atoms with Gasteiger partial charge in [0.2, 0.25) is 0 Å². The van der Waals surface area contributed by atoms with Crippen molar-refractivity contribution in [1.82, 2.24) is 0 Å². The van der Waals surface area contributed by atoms with E-state index in [1.165, 1.54) is 0 Å². The van der Waals surface area contributed by atoms with Gasteiger partial charge in [0.15, 0.2) is 17.4 Å². The molecule has 0 unspecified atom stereocenters. The van der Waals surface area contributed by atoms with E-state index in [0.29, 0.717) is 0 Å². The van der Waals surface area contributed by atoms with Crippen LogP contribution in [0.15, 0.2) is 0 Å². The molecule has 0 saturated heterocycles. The van der Waals surface area contributed by atoms with Crippen LogP contribution in [-0.2, 0) is 0 Å². The summed E-state index contributed by atoms with van der Waals surface area (Å²) in [5, 5.41) is 0. The van der Waals surface area contributed by atoms with E-state index >= 15 is 0 Å². The first-order chi connectivity index (χ1) is 1.73. The van der Waals surface area contributed by atoms with Gasteiger partial charge in [0.25, 0.3) is 0 Å². The van der Waals surface area contributed by atoms with Crippen LogP contribution in [0.2, 0.25) is 0 Å². The molecule has 5 heavy (non-hydrogen) atoms. The predicted octanol–water partition coefficient (Wildman–Crippen LogP) is 0.970. The van der Waals surface area contributed by atoms with E-state index < -0.39 is 0 Å². The topological polar surface area (TPSA) is 0 Å². The summed E-state index contributed by atoms with van der Waals surface area (Å²) in [6, 6.07) is 0. The molecule has 0 aliphatic carbocycles. The Bertz CT molecular complexity index is 14.4. The van der Waals surface area contributed by atoms with E-state index in [1.807, 2.05) is 0 Å². The normalized spacial score (nSPS) is 7.20. The average Bonchev–Trinajstić information content (AvgIpc) is 0.811. The van der Waals surface area contributed by atoms with Gasteiger partial charge in [-0.15, -0.1) is 0 Å². The molecule has 0 aromatic carbocycles. The summed E-state index contributed by atoms with van der Waals surface area (Å²) in [7, 11) is 0. The number of hydrogen-bond donors (Lipinski definition) is 0. The molecule has 0 radical (unpaired) electrons. The zero-order chi connectivity index (χ0) is 3.58. The second-order valence-corrected chi connectivity index (χ2v) is 1.73. The Kier molecular flexibility index (Phi) is 8.26. The second kappa shape index (κ2) is 4.53. The van der Waals surface area contributed by atoms with Gasteiger partial charge >= 0.3 is 0 Å². The van der Waals surface area contributed by atoms with Crippen molar-refractivity contribution >= 4 is 17.4 Å². The molecule has 0 fully saturated rings. The Morgan fingerprint density at radius 2 is 1.20 bits per heavy atom. The summed E-state index contributed by atoms with van der Waals surface area (Å²) in [6.45, 7) is 6.50. The molecule has 0 spiro atoms. The minimum absolute atomic E-state index is 0. The summed E-state index contributed by atoms with van der Waals surface area (Å²) in [4.78, 5) is 0. The van der Waals surface area contributed by atoms with Crippen molar-refractivity contribution in [3.63, 3.8) is 0 Å². The Morgan fingerprint density at radius 3 is 1.20 bits per heavy atom. The van der Waals surface area contributed by atoms with E-state index in [-0.39, 0.29) is 20.2 Å². The van der Waals surface area contributed by atoms with E-state index in [9.17, 15) is 0 Å². The third-order valence-electron chi connectivity index (χ3n) is 0. The fourth-order valence-corrected chi connectivity index (χ4v) is 0. The third kappa shape index (κ3) is 103. The molecule has 0 atom stereocenters. The van der Waals surface area contributed by atoms with Crippen LogP contribution >= 0.6 is 0 Å². The van der Waals surface area contributed by atoms with Gasteiger partial charge in [0.05, 0.1) is 0 Å². The number of rotatable bonds is 0. The predicted molar refractivity (Wildman–Crippen MR) is 34.7 cm³/mol. The Morgan fingerprint density at radius 1 is 1.20 bits per heavy atom. The minimum atomic E-state index is 0. The minimum Gasteiger partial charge on any atom is -0.0630 e. The molecule has 0 aliphatic rings. The first kappa shape index (κ1) is 9.11. The molecule has 0 aromatic heterocycles. The maximum Gasteiger partial charge on any atom is 0.187 e. The Balaban J connectivity index is -0.0000000150. The molecule has 0 saturated carbocycles. The van der Waals surface area contributed by atoms with Crippen LogP contribution in [0.5, 0.6) is 0 Å². The van der Waals surface area contributed by atoms with Gasteiger partial charge in [-0.2, -0.15) is 0 Å². The lowest BCUT2D eigenvalue weighted by Gasteiger charge is -1.79. The van der Waals surface area contributed by atoms with Crippen LogP contribution in [-0.4, -0.2) is 17.4 Å². The molecule has 0 aromatic rings. The Labute approximate surface area is 47.7 Å². The van der Waals surface area contributed by atoms with Crippen molar-refractivity contribution in [2.75, 3.05) is 0 Å². The quantitative estimate of drug-likeness (QED) is 0.390. The average molecular weight is 92.2 g/mol. The van der Waals surface area contributed by atoms with Gasteiger partial charge in [0, 0.05) is 2.85 Å². The lowest BCUT2D eigenvalue weighted by Crippen LogP contribution is -1.66. The summed E-state index contributed by atoms with van der Waals surface area (Å²) >= 11 is 0. The van der Waals surface area contributed by atoms with Crippen molar-refractivity contribution in [2.45, 2.75) is 20.8 Å². The van der Waals surface area contributed by atoms with E-state index in [1.54, 1.807) is 0 Å². The summed E-state index contributed by atoms with van der Waals surface area (Å²) < 4.78 is 0. The summed E-state index contributed by atoms with van der Waals surface area (Å²) in [6.07, 6.45) is 0. The first-order valence-corrected chi connectivity index (χ1v) is 1.73. The first-order valence-electron chi connectivity index (χ1n) is 1.73. The van der Waals surface area contributed by atoms with Gasteiger partial charge in [0.1, 0.15) is 0 Å². The highest BCUT2D eigenvalue weighted by Gasteiger charge is 1.68. The third-order valence-corrected chi connectivity index (χ3v) is 0. The molecular weight excluding hydrogens is 75.0 g/mol. The van der Waals surface area contributed by atoms with Crippen molar-refractivity contribution < 1.29 is 2.85 Å². The molecule has 0 aliphatic heterocycles. The van der Waals surface area contributed by atoms with E-state index in [2.05, 4.69) is 20.8 Å². The van der Waals surface area contributed by atoms with Crippen LogP contribution in [0, 0.1) is 5.92 Å². The van der Waals surface area contributed by atoms with Gasteiger partial charge < -0.3 is 0 Å². The smallest absolute Gasteiger partial charge is 0.0630 e. The molecule has 1 heteroatoms. The molecule has 0 heterocycles. The van der Waals surface area contributed by atoms with Crippen LogP contribution in [0.4, 0.5) is 0 Å². The lowest BCUT2D eigenvalue weighted by atomic mass is 10.3. The van der Waals surface area contributed by atoms with Crippen molar-refractivity contribution in [1.29, 1.82) is 0 Å². The van der Waals surface area contributed by atoms with Crippen LogP contribution in [0.3, 0.4) is 0 Å². The zero-order valence-electron chi connectivity index (χ0n) is 3.58. The van der Waals surface area contributed by atoms with Gasteiger partial charge in [-0.05, 0) is 5.92 Å². The molecule has 0 amide bonds. The monoisotopic (exact) mass is 92.1 g/mol. The van der Waals surface area contributed by atoms with Gasteiger partial charge in [-0.1, -0.05) is 20.8 Å². The van der Waals surface area contributed by atoms with Crippen molar-refractivity contribution in [2.24, 2.45) is 5.92 Å². The maximum absolute atomic E-state index is 2.17. The Hall–Kier alpha value is 0.532. The lowest BCUT2D eigenvalue weighted by molar-refractivity contribution is 0.737. The van der Waals surface area contributed by atoms with Crippen LogP contribution < -0.4 is 0 Å². The van der Waals surface area contributed by atoms with Crippen molar-refractivity contribution in [3.05, 3.63) is 0 Å². The fraction of sp³-hybridized carbons (Fsp3) is 1.00.